The Morgan fingerprint density at radius 3 is 2.67 bits per heavy atom. The molecule has 15 heavy (non-hydrogen) atoms. The van der Waals surface area contributed by atoms with E-state index in [0.29, 0.717) is 11.3 Å². The summed E-state index contributed by atoms with van der Waals surface area (Å²) in [5.41, 5.74) is 5.15. The SMILES string of the molecule is NCCNC(=O)c1csc(C(F)(F)F)c1. The molecule has 0 aliphatic carbocycles. The fourth-order valence-corrected chi connectivity index (χ4v) is 1.65. The summed E-state index contributed by atoms with van der Waals surface area (Å²) in [6.07, 6.45) is -4.39. The van der Waals surface area contributed by atoms with Gasteiger partial charge in [0.2, 0.25) is 0 Å². The summed E-state index contributed by atoms with van der Waals surface area (Å²) in [7, 11) is 0. The zero-order valence-corrected chi connectivity index (χ0v) is 8.41. The number of thiophene rings is 1. The minimum atomic E-state index is -4.39. The zero-order chi connectivity index (χ0) is 11.5. The van der Waals surface area contributed by atoms with Crippen LogP contribution in [0.1, 0.15) is 15.2 Å². The average Bonchev–Trinajstić information content (AvgIpc) is 2.62. The Bertz CT molecular complexity index is 348. The highest BCUT2D eigenvalue weighted by atomic mass is 32.1. The summed E-state index contributed by atoms with van der Waals surface area (Å²) in [5.74, 6) is -0.535. The molecular formula is C8H9F3N2OS. The van der Waals surface area contributed by atoms with E-state index in [0.717, 1.165) is 6.07 Å². The van der Waals surface area contributed by atoms with Gasteiger partial charge in [0.05, 0.1) is 5.56 Å². The normalized spacial score (nSPS) is 11.5. The van der Waals surface area contributed by atoms with Gasteiger partial charge in [0.25, 0.3) is 5.91 Å². The van der Waals surface area contributed by atoms with Crippen LogP contribution >= 0.6 is 11.3 Å². The number of alkyl halides is 3. The van der Waals surface area contributed by atoms with Crippen molar-refractivity contribution in [2.75, 3.05) is 13.1 Å². The quantitative estimate of drug-likeness (QED) is 0.837. The van der Waals surface area contributed by atoms with E-state index in [1.165, 1.54) is 5.38 Å². The molecule has 1 heterocycles. The maximum Gasteiger partial charge on any atom is 0.425 e. The molecular weight excluding hydrogens is 229 g/mol. The molecule has 84 valence electrons. The molecule has 0 atom stereocenters. The summed E-state index contributed by atoms with van der Waals surface area (Å²) in [6, 6.07) is 0.830. The van der Waals surface area contributed by atoms with E-state index < -0.39 is 17.0 Å². The lowest BCUT2D eigenvalue weighted by Crippen LogP contribution is -2.28. The molecule has 0 bridgehead atoms. The number of hydrogen-bond acceptors (Lipinski definition) is 3. The molecule has 0 unspecified atom stereocenters. The average molecular weight is 238 g/mol. The van der Waals surface area contributed by atoms with Gasteiger partial charge in [-0.25, -0.2) is 0 Å². The van der Waals surface area contributed by atoms with Crippen molar-refractivity contribution in [2.45, 2.75) is 6.18 Å². The maximum absolute atomic E-state index is 12.2. The van der Waals surface area contributed by atoms with Gasteiger partial charge in [0, 0.05) is 18.5 Å². The van der Waals surface area contributed by atoms with Crippen LogP contribution in [-0.4, -0.2) is 19.0 Å². The van der Waals surface area contributed by atoms with Crippen molar-refractivity contribution in [3.63, 3.8) is 0 Å². The standard InChI is InChI=1S/C8H9F3N2OS/c9-8(10,11)6-3-5(4-15-6)7(14)13-2-1-12/h3-4H,1-2,12H2,(H,13,14). The minimum Gasteiger partial charge on any atom is -0.351 e. The minimum absolute atomic E-state index is 0.0146. The van der Waals surface area contributed by atoms with Gasteiger partial charge in [0.1, 0.15) is 4.88 Å². The van der Waals surface area contributed by atoms with E-state index in [2.05, 4.69) is 5.32 Å². The molecule has 0 saturated heterocycles. The molecule has 0 aromatic carbocycles. The smallest absolute Gasteiger partial charge is 0.351 e. The lowest BCUT2D eigenvalue weighted by atomic mass is 10.3. The van der Waals surface area contributed by atoms with Crippen LogP contribution in [0.5, 0.6) is 0 Å². The van der Waals surface area contributed by atoms with Crippen molar-refractivity contribution in [3.05, 3.63) is 21.9 Å². The van der Waals surface area contributed by atoms with Crippen LogP contribution in [0.4, 0.5) is 13.2 Å². The highest BCUT2D eigenvalue weighted by Crippen LogP contribution is 2.33. The molecule has 1 amide bonds. The number of amides is 1. The number of nitrogens with one attached hydrogen (secondary N) is 1. The third-order valence-corrected chi connectivity index (χ3v) is 2.55. The Balaban J connectivity index is 2.72. The van der Waals surface area contributed by atoms with Crippen LogP contribution in [0.2, 0.25) is 0 Å². The van der Waals surface area contributed by atoms with Crippen molar-refractivity contribution in [1.82, 2.24) is 5.32 Å². The first kappa shape index (κ1) is 12.0. The second-order valence-corrected chi connectivity index (χ2v) is 3.65. The fraction of sp³-hybridized carbons (Fsp3) is 0.375. The lowest BCUT2D eigenvalue weighted by molar-refractivity contribution is -0.134. The molecule has 0 aliphatic heterocycles. The van der Waals surface area contributed by atoms with Crippen LogP contribution in [0.25, 0.3) is 0 Å². The van der Waals surface area contributed by atoms with Gasteiger partial charge in [-0.3, -0.25) is 4.79 Å². The second-order valence-electron chi connectivity index (χ2n) is 2.74. The largest absolute Gasteiger partial charge is 0.425 e. The molecule has 1 aromatic rings. The van der Waals surface area contributed by atoms with Crippen LogP contribution in [0, 0.1) is 0 Å². The highest BCUT2D eigenvalue weighted by molar-refractivity contribution is 7.10. The molecule has 0 spiro atoms. The van der Waals surface area contributed by atoms with Crippen LogP contribution in [0.15, 0.2) is 11.4 Å². The van der Waals surface area contributed by atoms with Gasteiger partial charge >= 0.3 is 6.18 Å². The van der Waals surface area contributed by atoms with Crippen molar-refractivity contribution in [1.29, 1.82) is 0 Å². The molecule has 1 rings (SSSR count). The Hall–Kier alpha value is -1.08. The predicted octanol–water partition coefficient (Wildman–Crippen LogP) is 1.46. The number of halogens is 3. The first-order chi connectivity index (χ1) is 6.95. The van der Waals surface area contributed by atoms with E-state index in [1.807, 2.05) is 0 Å². The number of carbonyl (C=O) groups is 1. The molecule has 0 fully saturated rings. The molecule has 0 saturated carbocycles. The number of carbonyl (C=O) groups excluding carboxylic acids is 1. The van der Waals surface area contributed by atoms with Crippen LogP contribution in [0.3, 0.4) is 0 Å². The number of rotatable bonds is 3. The van der Waals surface area contributed by atoms with Gasteiger partial charge in [-0.05, 0) is 6.07 Å². The van der Waals surface area contributed by atoms with Gasteiger partial charge < -0.3 is 11.1 Å². The molecule has 0 aliphatic rings. The summed E-state index contributed by atoms with van der Waals surface area (Å²) in [6.45, 7) is 0.498. The Labute approximate surface area is 88.1 Å². The second kappa shape index (κ2) is 4.63. The van der Waals surface area contributed by atoms with Gasteiger partial charge in [0.15, 0.2) is 0 Å². The van der Waals surface area contributed by atoms with Crippen LogP contribution < -0.4 is 11.1 Å². The number of hydrogen-bond donors (Lipinski definition) is 2. The third kappa shape index (κ3) is 3.21. The van der Waals surface area contributed by atoms with E-state index in [-0.39, 0.29) is 18.7 Å². The van der Waals surface area contributed by atoms with Crippen molar-refractivity contribution in [2.24, 2.45) is 5.73 Å². The number of nitrogens with two attached hydrogens (primary N) is 1. The van der Waals surface area contributed by atoms with E-state index in [4.69, 9.17) is 5.73 Å². The lowest BCUT2D eigenvalue weighted by Gasteiger charge is -2.01. The van der Waals surface area contributed by atoms with Gasteiger partial charge in [-0.1, -0.05) is 0 Å². The van der Waals surface area contributed by atoms with E-state index >= 15 is 0 Å². The van der Waals surface area contributed by atoms with Crippen molar-refractivity contribution < 1.29 is 18.0 Å². The molecule has 3 N–H and O–H groups in total. The molecule has 1 aromatic heterocycles. The monoisotopic (exact) mass is 238 g/mol. The molecule has 0 radical (unpaired) electrons. The summed E-state index contributed by atoms with van der Waals surface area (Å²) in [5, 5.41) is 3.56. The van der Waals surface area contributed by atoms with Gasteiger partial charge in [-0.15, -0.1) is 11.3 Å². The predicted molar refractivity (Wildman–Crippen MR) is 50.7 cm³/mol. The first-order valence-electron chi connectivity index (χ1n) is 4.09. The maximum atomic E-state index is 12.2. The van der Waals surface area contributed by atoms with Crippen LogP contribution in [-0.2, 0) is 6.18 Å². The third-order valence-electron chi connectivity index (χ3n) is 1.57. The summed E-state index contributed by atoms with van der Waals surface area (Å²) < 4.78 is 36.5. The van der Waals surface area contributed by atoms with E-state index in [9.17, 15) is 18.0 Å². The Morgan fingerprint density at radius 2 is 2.20 bits per heavy atom. The molecule has 3 nitrogen and oxygen atoms in total. The topological polar surface area (TPSA) is 55.1 Å². The van der Waals surface area contributed by atoms with Crippen molar-refractivity contribution >= 4 is 17.2 Å². The molecule has 7 heteroatoms. The Morgan fingerprint density at radius 1 is 1.53 bits per heavy atom. The highest BCUT2D eigenvalue weighted by Gasteiger charge is 2.32. The van der Waals surface area contributed by atoms with E-state index in [1.54, 1.807) is 0 Å². The fourth-order valence-electron chi connectivity index (χ4n) is 0.892. The summed E-state index contributed by atoms with van der Waals surface area (Å²) >= 11 is 0.501. The summed E-state index contributed by atoms with van der Waals surface area (Å²) in [4.78, 5) is 10.4. The zero-order valence-electron chi connectivity index (χ0n) is 7.60. The van der Waals surface area contributed by atoms with Gasteiger partial charge in [-0.2, -0.15) is 13.2 Å². The first-order valence-corrected chi connectivity index (χ1v) is 4.97. The van der Waals surface area contributed by atoms with Crippen molar-refractivity contribution in [3.8, 4) is 0 Å². The Kier molecular flexibility index (Phi) is 3.70.